The van der Waals surface area contributed by atoms with Crippen molar-refractivity contribution in [1.82, 2.24) is 20.0 Å². The van der Waals surface area contributed by atoms with Crippen LogP contribution in [0.15, 0.2) is 16.8 Å². The van der Waals surface area contributed by atoms with E-state index in [1.807, 2.05) is 26.0 Å². The van der Waals surface area contributed by atoms with Gasteiger partial charge in [0.15, 0.2) is 0 Å². The van der Waals surface area contributed by atoms with E-state index in [0.717, 1.165) is 23.6 Å². The van der Waals surface area contributed by atoms with Gasteiger partial charge < -0.3 is 10.2 Å². The largest absolute Gasteiger partial charge is 0.353 e. The van der Waals surface area contributed by atoms with E-state index in [1.165, 1.54) is 5.56 Å². The third-order valence-electron chi connectivity index (χ3n) is 4.98. The zero-order valence-corrected chi connectivity index (χ0v) is 20.2. The molecule has 2 aromatic rings. The summed E-state index contributed by atoms with van der Waals surface area (Å²) < 4.78 is 1.77. The maximum absolute atomic E-state index is 13.1. The Hall–Kier alpha value is -1.84. The van der Waals surface area contributed by atoms with Gasteiger partial charge in [-0.2, -0.15) is 16.4 Å². The summed E-state index contributed by atoms with van der Waals surface area (Å²) in [5.74, 6) is 0.830. The Balaban J connectivity index is 2.01. The summed E-state index contributed by atoms with van der Waals surface area (Å²) in [7, 11) is 5.78. The summed E-state index contributed by atoms with van der Waals surface area (Å²) in [6.45, 7) is 7.70. The first-order valence-electron chi connectivity index (χ1n) is 10.0. The molecule has 0 spiro atoms. The highest BCUT2D eigenvalue weighted by molar-refractivity contribution is 8.00. The predicted molar refractivity (Wildman–Crippen MR) is 124 cm³/mol. The van der Waals surface area contributed by atoms with Gasteiger partial charge >= 0.3 is 0 Å². The summed E-state index contributed by atoms with van der Waals surface area (Å²) in [4.78, 5) is 29.3. The van der Waals surface area contributed by atoms with Crippen LogP contribution in [0.25, 0.3) is 0 Å². The number of carbonyl (C=O) groups is 2. The van der Waals surface area contributed by atoms with E-state index in [-0.39, 0.29) is 29.0 Å². The van der Waals surface area contributed by atoms with Gasteiger partial charge in [0, 0.05) is 31.1 Å². The molecule has 1 aliphatic heterocycles. The molecule has 164 valence electrons. The highest BCUT2D eigenvalue weighted by Gasteiger charge is 2.38. The molecule has 0 aliphatic carbocycles. The first-order valence-corrected chi connectivity index (χ1v) is 12.0. The van der Waals surface area contributed by atoms with Gasteiger partial charge in [-0.25, -0.2) is 0 Å². The molecule has 9 heteroatoms. The van der Waals surface area contributed by atoms with E-state index in [9.17, 15) is 9.59 Å². The Morgan fingerprint density at radius 3 is 2.70 bits per heavy atom. The van der Waals surface area contributed by atoms with E-state index in [0.29, 0.717) is 12.3 Å². The van der Waals surface area contributed by atoms with Crippen molar-refractivity contribution in [2.24, 2.45) is 7.05 Å². The lowest BCUT2D eigenvalue weighted by Gasteiger charge is -2.24. The van der Waals surface area contributed by atoms with Gasteiger partial charge in [-0.1, -0.05) is 20.8 Å². The van der Waals surface area contributed by atoms with Crippen molar-refractivity contribution in [1.29, 1.82) is 0 Å². The number of nitrogens with zero attached hydrogens (tertiary/aromatic N) is 4. The van der Waals surface area contributed by atoms with Crippen molar-refractivity contribution in [2.45, 2.75) is 31.4 Å². The van der Waals surface area contributed by atoms with Gasteiger partial charge in [-0.3, -0.25) is 19.2 Å². The molecule has 3 heterocycles. The van der Waals surface area contributed by atoms with Gasteiger partial charge in [0.05, 0.1) is 16.7 Å². The molecule has 1 N–H and O–H groups in total. The summed E-state index contributed by atoms with van der Waals surface area (Å²) in [5, 5.41) is 11.9. The number of anilines is 1. The van der Waals surface area contributed by atoms with Crippen LogP contribution in [0, 0.1) is 0 Å². The van der Waals surface area contributed by atoms with Crippen molar-refractivity contribution in [3.05, 3.63) is 33.6 Å². The first-order chi connectivity index (χ1) is 14.1. The third kappa shape index (κ3) is 4.90. The van der Waals surface area contributed by atoms with Crippen LogP contribution in [-0.4, -0.2) is 66.0 Å². The highest BCUT2D eigenvalue weighted by Crippen LogP contribution is 2.47. The molecule has 0 saturated heterocycles. The number of rotatable bonds is 6. The molecule has 3 rings (SSSR count). The summed E-state index contributed by atoms with van der Waals surface area (Å²) in [6.07, 6.45) is 0. The second-order valence-electron chi connectivity index (χ2n) is 8.84. The average Bonchev–Trinajstić information content (AvgIpc) is 3.25. The van der Waals surface area contributed by atoms with Gasteiger partial charge in [0.1, 0.15) is 12.4 Å². The van der Waals surface area contributed by atoms with Gasteiger partial charge in [0.2, 0.25) is 11.8 Å². The number of aryl methyl sites for hydroxylation is 1. The second kappa shape index (κ2) is 9.11. The summed E-state index contributed by atoms with van der Waals surface area (Å²) >= 11 is 3.26. The molecule has 0 fully saturated rings. The van der Waals surface area contributed by atoms with Crippen LogP contribution in [0.2, 0.25) is 0 Å². The van der Waals surface area contributed by atoms with Crippen molar-refractivity contribution >= 4 is 40.7 Å². The molecule has 1 atom stereocenters. The number of hydrogen-bond donors (Lipinski definition) is 1. The van der Waals surface area contributed by atoms with Crippen LogP contribution < -0.4 is 10.2 Å². The lowest BCUT2D eigenvalue weighted by molar-refractivity contribution is -0.122. The average molecular weight is 450 g/mol. The zero-order chi connectivity index (χ0) is 22.1. The van der Waals surface area contributed by atoms with E-state index in [1.54, 1.807) is 32.7 Å². The lowest BCUT2D eigenvalue weighted by Crippen LogP contribution is -2.43. The molecule has 0 aromatic carbocycles. The van der Waals surface area contributed by atoms with E-state index in [2.05, 4.69) is 42.9 Å². The number of thioether (sulfide) groups is 1. The zero-order valence-electron chi connectivity index (χ0n) is 18.6. The fourth-order valence-corrected chi connectivity index (χ4v) is 5.51. The highest BCUT2D eigenvalue weighted by atomic mass is 32.2. The maximum atomic E-state index is 13.1. The fourth-order valence-electron chi connectivity index (χ4n) is 3.55. The Bertz CT molecular complexity index is 899. The smallest absolute Gasteiger partial charge is 0.240 e. The Morgan fingerprint density at radius 1 is 1.37 bits per heavy atom. The van der Waals surface area contributed by atoms with Crippen LogP contribution in [0.1, 0.15) is 42.8 Å². The number of fused-ring (bicyclic) bond motifs is 1. The van der Waals surface area contributed by atoms with Crippen LogP contribution in [0.4, 0.5) is 5.82 Å². The minimum atomic E-state index is -0.187. The van der Waals surface area contributed by atoms with E-state index < -0.39 is 0 Å². The normalized spacial score (nSPS) is 17.2. The Morgan fingerprint density at radius 2 is 2.10 bits per heavy atom. The van der Waals surface area contributed by atoms with Crippen LogP contribution in [0.5, 0.6) is 0 Å². The second-order valence-corrected chi connectivity index (χ2v) is 10.7. The number of amides is 2. The quantitative estimate of drug-likeness (QED) is 0.734. The number of carbonyl (C=O) groups excluding carboxylic acids is 2. The van der Waals surface area contributed by atoms with Gasteiger partial charge in [-0.05, 0) is 36.5 Å². The summed E-state index contributed by atoms with van der Waals surface area (Å²) in [5.41, 5.74) is 3.00. The number of aromatic nitrogens is 2. The number of hydrogen-bond acceptors (Lipinski definition) is 6. The number of likely N-dealkylation sites (N-methyl/N-ethyl adjacent to an activating group) is 1. The lowest BCUT2D eigenvalue weighted by atomic mass is 9.87. The molecule has 1 unspecified atom stereocenters. The predicted octanol–water partition coefficient (Wildman–Crippen LogP) is 2.63. The molecule has 2 aromatic heterocycles. The molecule has 7 nitrogen and oxygen atoms in total. The van der Waals surface area contributed by atoms with Crippen molar-refractivity contribution in [3.63, 3.8) is 0 Å². The number of thiophene rings is 1. The van der Waals surface area contributed by atoms with Crippen LogP contribution in [0.3, 0.4) is 0 Å². The Kier molecular flexibility index (Phi) is 6.94. The molecule has 30 heavy (non-hydrogen) atoms. The van der Waals surface area contributed by atoms with Crippen LogP contribution >= 0.6 is 23.1 Å². The van der Waals surface area contributed by atoms with Gasteiger partial charge in [-0.15, -0.1) is 11.8 Å². The monoisotopic (exact) mass is 449 g/mol. The molecular formula is C21H31N5O2S2. The van der Waals surface area contributed by atoms with Gasteiger partial charge in [0.25, 0.3) is 0 Å². The van der Waals surface area contributed by atoms with Crippen molar-refractivity contribution in [2.75, 3.05) is 44.4 Å². The SMILES string of the molecule is CN(C)CCNC(=O)CN1C(=O)CSC(c2ccsc2)c2c(C(C)(C)C)nn(C)c21. The maximum Gasteiger partial charge on any atom is 0.240 e. The van der Waals surface area contributed by atoms with Crippen molar-refractivity contribution in [3.8, 4) is 0 Å². The molecular weight excluding hydrogens is 418 g/mol. The molecule has 0 radical (unpaired) electrons. The summed E-state index contributed by atoms with van der Waals surface area (Å²) in [6, 6.07) is 2.11. The minimum absolute atomic E-state index is 0.000699. The van der Waals surface area contributed by atoms with Crippen molar-refractivity contribution < 1.29 is 9.59 Å². The minimum Gasteiger partial charge on any atom is -0.353 e. The molecule has 1 aliphatic rings. The Labute approximate surface area is 186 Å². The van der Waals surface area contributed by atoms with Crippen LogP contribution in [-0.2, 0) is 22.1 Å². The van der Waals surface area contributed by atoms with E-state index in [4.69, 9.17) is 5.10 Å². The fraction of sp³-hybridized carbons (Fsp3) is 0.571. The topological polar surface area (TPSA) is 70.5 Å². The number of nitrogens with one attached hydrogen (secondary N) is 1. The third-order valence-corrected chi connectivity index (χ3v) is 6.94. The first kappa shape index (κ1) is 22.8. The standard InChI is InChI=1S/C21H31N5O2S2/c1-21(2,3)19-17-18(14-7-10-29-12-14)30-13-16(28)26(20(17)25(6)23-19)11-15(27)22-8-9-24(4)5/h7,10,12,18H,8-9,11,13H2,1-6H3,(H,22,27). The molecule has 2 amide bonds. The molecule has 0 bridgehead atoms. The van der Waals surface area contributed by atoms with E-state index >= 15 is 0 Å². The molecule has 0 saturated carbocycles.